The number of aliphatic hydroxyl groups is 1. The predicted octanol–water partition coefficient (Wildman–Crippen LogP) is -0.418. The fourth-order valence-corrected chi connectivity index (χ4v) is 1.69. The molecule has 0 saturated carbocycles. The summed E-state index contributed by atoms with van der Waals surface area (Å²) in [5.74, 6) is 0.773. The molecule has 18 heavy (non-hydrogen) atoms. The molecule has 0 bridgehead atoms. The molecule has 0 aromatic carbocycles. The van der Waals surface area contributed by atoms with Crippen molar-refractivity contribution in [3.63, 3.8) is 0 Å². The van der Waals surface area contributed by atoms with E-state index in [9.17, 15) is 4.79 Å². The van der Waals surface area contributed by atoms with E-state index in [0.717, 1.165) is 0 Å². The molecule has 1 N–H and O–H groups in total. The van der Waals surface area contributed by atoms with Gasteiger partial charge in [0.2, 0.25) is 0 Å². The molecule has 0 radical (unpaired) electrons. The lowest BCUT2D eigenvalue weighted by atomic mass is 10.3. The maximum atomic E-state index is 11.8. The summed E-state index contributed by atoms with van der Waals surface area (Å²) in [6, 6.07) is 1.61. The molecule has 2 heterocycles. The van der Waals surface area contributed by atoms with Crippen LogP contribution in [0.5, 0.6) is 5.88 Å². The van der Waals surface area contributed by atoms with Gasteiger partial charge in [0.15, 0.2) is 6.61 Å². The van der Waals surface area contributed by atoms with E-state index in [0.29, 0.717) is 31.3 Å². The Morgan fingerprint density at radius 3 is 3.22 bits per heavy atom. The largest absolute Gasteiger partial charge is 0.465 e. The van der Waals surface area contributed by atoms with E-state index in [2.05, 4.69) is 5.16 Å². The van der Waals surface area contributed by atoms with Crippen molar-refractivity contribution in [2.75, 3.05) is 32.9 Å². The highest BCUT2D eigenvalue weighted by Crippen LogP contribution is 2.10. The molecule has 1 fully saturated rings. The topological polar surface area (TPSA) is 85.0 Å². The van der Waals surface area contributed by atoms with Crippen molar-refractivity contribution in [2.24, 2.45) is 0 Å². The van der Waals surface area contributed by atoms with Gasteiger partial charge in [-0.25, -0.2) is 0 Å². The van der Waals surface area contributed by atoms with E-state index in [1.165, 1.54) is 0 Å². The Balaban J connectivity index is 1.80. The average Bonchev–Trinajstić information content (AvgIpc) is 2.82. The van der Waals surface area contributed by atoms with Gasteiger partial charge in [-0.05, 0) is 12.1 Å². The van der Waals surface area contributed by atoms with Gasteiger partial charge in [-0.1, -0.05) is 0 Å². The Labute approximate surface area is 104 Å². The van der Waals surface area contributed by atoms with Crippen molar-refractivity contribution in [3.8, 4) is 5.88 Å². The highest BCUT2D eigenvalue weighted by atomic mass is 16.5. The van der Waals surface area contributed by atoms with Gasteiger partial charge < -0.3 is 24.0 Å². The molecule has 1 unspecified atom stereocenters. The van der Waals surface area contributed by atoms with Crippen LogP contribution >= 0.6 is 0 Å². The molecule has 7 heteroatoms. The van der Waals surface area contributed by atoms with Crippen molar-refractivity contribution in [3.05, 3.63) is 11.8 Å². The number of nitrogens with zero attached hydrogens (tertiary/aromatic N) is 2. The molecule has 1 atom stereocenters. The molecular formula is C11H16N2O5. The average molecular weight is 256 g/mol. The van der Waals surface area contributed by atoms with Gasteiger partial charge in [-0.3, -0.25) is 4.79 Å². The zero-order chi connectivity index (χ0) is 13.0. The smallest absolute Gasteiger partial charge is 0.260 e. The van der Waals surface area contributed by atoms with Crippen LogP contribution in [0.1, 0.15) is 5.76 Å². The molecule has 0 aliphatic carbocycles. The van der Waals surface area contributed by atoms with Crippen LogP contribution in [0.4, 0.5) is 0 Å². The van der Waals surface area contributed by atoms with Crippen LogP contribution in [0.25, 0.3) is 0 Å². The van der Waals surface area contributed by atoms with Gasteiger partial charge in [0.05, 0.1) is 19.3 Å². The fraction of sp³-hybridized carbons (Fsp3) is 0.636. The van der Waals surface area contributed by atoms with Crippen LogP contribution in [-0.2, 0) is 9.53 Å². The molecule has 1 amide bonds. The molecule has 1 aromatic heterocycles. The third-order valence-electron chi connectivity index (χ3n) is 2.64. The molecule has 100 valence electrons. The Hall–Kier alpha value is -1.60. The molecule has 1 aliphatic heterocycles. The third-order valence-corrected chi connectivity index (χ3v) is 2.64. The number of amides is 1. The SMILES string of the molecule is Cc1cc(OCC(=O)N2CCOC(CO)C2)no1. The summed E-state index contributed by atoms with van der Waals surface area (Å²) in [4.78, 5) is 13.5. The van der Waals surface area contributed by atoms with E-state index in [1.54, 1.807) is 17.9 Å². The molecule has 1 saturated heterocycles. The number of carbonyl (C=O) groups is 1. The molecule has 7 nitrogen and oxygen atoms in total. The minimum atomic E-state index is -0.308. The van der Waals surface area contributed by atoms with Gasteiger partial charge in [0.25, 0.3) is 11.8 Å². The number of rotatable bonds is 4. The van der Waals surface area contributed by atoms with Gasteiger partial charge in [-0.2, -0.15) is 0 Å². The summed E-state index contributed by atoms with van der Waals surface area (Å²) in [7, 11) is 0. The first kappa shape index (κ1) is 12.8. The van der Waals surface area contributed by atoms with E-state index in [-0.39, 0.29) is 25.2 Å². The van der Waals surface area contributed by atoms with E-state index in [1.807, 2.05) is 0 Å². The summed E-state index contributed by atoms with van der Waals surface area (Å²) in [5, 5.41) is 12.6. The number of hydrogen-bond donors (Lipinski definition) is 1. The second kappa shape index (κ2) is 5.83. The standard InChI is InChI=1S/C11H16N2O5/c1-8-4-10(12-18-8)17-7-11(15)13-2-3-16-9(5-13)6-14/h4,9,14H,2-3,5-7H2,1H3. The first-order chi connectivity index (χ1) is 8.69. The Morgan fingerprint density at radius 1 is 1.72 bits per heavy atom. The van der Waals surface area contributed by atoms with Crippen LogP contribution < -0.4 is 4.74 Å². The van der Waals surface area contributed by atoms with Gasteiger partial charge in [-0.15, -0.1) is 0 Å². The lowest BCUT2D eigenvalue weighted by Gasteiger charge is -2.31. The summed E-state index contributed by atoms with van der Waals surface area (Å²) in [6.07, 6.45) is -0.308. The second-order valence-corrected chi connectivity index (χ2v) is 4.08. The Morgan fingerprint density at radius 2 is 2.56 bits per heavy atom. The summed E-state index contributed by atoms with van der Waals surface area (Å²) < 4.78 is 15.3. The minimum absolute atomic E-state index is 0.0902. The number of aliphatic hydroxyl groups excluding tert-OH is 1. The Kier molecular flexibility index (Phi) is 4.16. The fourth-order valence-electron chi connectivity index (χ4n) is 1.69. The number of aromatic nitrogens is 1. The Bertz CT molecular complexity index is 406. The minimum Gasteiger partial charge on any atom is -0.465 e. The molecule has 1 aromatic rings. The number of ether oxygens (including phenoxy) is 2. The van der Waals surface area contributed by atoms with Crippen molar-refractivity contribution in [2.45, 2.75) is 13.0 Å². The zero-order valence-corrected chi connectivity index (χ0v) is 10.2. The van der Waals surface area contributed by atoms with Crippen molar-refractivity contribution < 1.29 is 23.9 Å². The first-order valence-electron chi connectivity index (χ1n) is 5.75. The quantitative estimate of drug-likeness (QED) is 0.787. The van der Waals surface area contributed by atoms with Gasteiger partial charge >= 0.3 is 0 Å². The summed E-state index contributed by atoms with van der Waals surface area (Å²) in [5.41, 5.74) is 0. The van der Waals surface area contributed by atoms with Crippen LogP contribution in [0, 0.1) is 6.92 Å². The predicted molar refractivity (Wildman–Crippen MR) is 60.1 cm³/mol. The van der Waals surface area contributed by atoms with E-state index in [4.69, 9.17) is 19.1 Å². The lowest BCUT2D eigenvalue weighted by molar-refractivity contribution is -0.142. The van der Waals surface area contributed by atoms with Crippen LogP contribution in [0.2, 0.25) is 0 Å². The van der Waals surface area contributed by atoms with Crippen LogP contribution in [-0.4, -0.2) is 60.1 Å². The molecular weight excluding hydrogens is 240 g/mol. The maximum absolute atomic E-state index is 11.8. The van der Waals surface area contributed by atoms with Crippen LogP contribution in [0.3, 0.4) is 0 Å². The second-order valence-electron chi connectivity index (χ2n) is 4.08. The monoisotopic (exact) mass is 256 g/mol. The number of carbonyl (C=O) groups excluding carboxylic acids is 1. The normalized spacial score (nSPS) is 19.9. The summed E-state index contributed by atoms with van der Waals surface area (Å²) >= 11 is 0. The van der Waals surface area contributed by atoms with Gasteiger partial charge in [0, 0.05) is 19.2 Å². The number of morpholine rings is 1. The van der Waals surface area contributed by atoms with Crippen LogP contribution in [0.15, 0.2) is 10.6 Å². The lowest BCUT2D eigenvalue weighted by Crippen LogP contribution is -2.48. The van der Waals surface area contributed by atoms with Crippen molar-refractivity contribution in [1.29, 1.82) is 0 Å². The zero-order valence-electron chi connectivity index (χ0n) is 10.2. The highest BCUT2D eigenvalue weighted by Gasteiger charge is 2.24. The van der Waals surface area contributed by atoms with E-state index >= 15 is 0 Å². The van der Waals surface area contributed by atoms with Gasteiger partial charge in [0.1, 0.15) is 5.76 Å². The highest BCUT2D eigenvalue weighted by molar-refractivity contribution is 5.77. The summed E-state index contributed by atoms with van der Waals surface area (Å²) in [6.45, 7) is 2.89. The van der Waals surface area contributed by atoms with Crippen molar-refractivity contribution in [1.82, 2.24) is 10.1 Å². The molecule has 1 aliphatic rings. The van der Waals surface area contributed by atoms with Crippen molar-refractivity contribution >= 4 is 5.91 Å². The molecule has 2 rings (SSSR count). The number of hydrogen-bond acceptors (Lipinski definition) is 6. The first-order valence-corrected chi connectivity index (χ1v) is 5.75. The molecule has 0 spiro atoms. The third kappa shape index (κ3) is 3.21. The maximum Gasteiger partial charge on any atom is 0.260 e. The van der Waals surface area contributed by atoms with E-state index < -0.39 is 0 Å². The number of aryl methyl sites for hydroxylation is 1.